The average Bonchev–Trinajstić information content (AvgIpc) is 2.74. The van der Waals surface area contributed by atoms with Crippen LogP contribution in [-0.2, 0) is 20.7 Å². The maximum atomic E-state index is 13.4. The smallest absolute Gasteiger partial charge is 0.254 e. The van der Waals surface area contributed by atoms with E-state index in [2.05, 4.69) is 5.32 Å². The van der Waals surface area contributed by atoms with Gasteiger partial charge in [0.25, 0.3) is 5.91 Å². The van der Waals surface area contributed by atoms with Crippen LogP contribution in [0.25, 0.3) is 11.1 Å². The number of ether oxygens (including phenoxy) is 1. The van der Waals surface area contributed by atoms with Gasteiger partial charge in [0, 0.05) is 25.4 Å². The van der Waals surface area contributed by atoms with E-state index in [-0.39, 0.29) is 30.2 Å². The number of benzene rings is 2. The third-order valence-electron chi connectivity index (χ3n) is 5.32. The summed E-state index contributed by atoms with van der Waals surface area (Å²) >= 11 is 0. The molecule has 1 fully saturated rings. The third-order valence-corrected chi connectivity index (χ3v) is 5.32. The Hall–Kier alpha value is -2.73. The van der Waals surface area contributed by atoms with Crippen LogP contribution in [0.3, 0.4) is 0 Å². The van der Waals surface area contributed by atoms with Gasteiger partial charge in [-0.3, -0.25) is 9.59 Å². The van der Waals surface area contributed by atoms with Crippen molar-refractivity contribution in [3.05, 3.63) is 59.9 Å². The van der Waals surface area contributed by atoms with E-state index in [0.29, 0.717) is 26.0 Å². The van der Waals surface area contributed by atoms with Crippen molar-refractivity contribution in [3.63, 3.8) is 0 Å². The van der Waals surface area contributed by atoms with Gasteiger partial charge in [-0.2, -0.15) is 0 Å². The van der Waals surface area contributed by atoms with Crippen LogP contribution in [0.2, 0.25) is 0 Å². The number of nitrogens with zero attached hydrogens (tertiary/aromatic N) is 1. The van der Waals surface area contributed by atoms with E-state index in [1.54, 1.807) is 17.0 Å². The van der Waals surface area contributed by atoms with E-state index in [1.807, 2.05) is 45.0 Å². The maximum Gasteiger partial charge on any atom is 0.254 e. The van der Waals surface area contributed by atoms with Crippen molar-refractivity contribution >= 4 is 11.8 Å². The number of morpholine rings is 1. The van der Waals surface area contributed by atoms with Crippen molar-refractivity contribution in [2.45, 2.75) is 45.3 Å². The van der Waals surface area contributed by atoms with E-state index in [1.165, 1.54) is 12.1 Å². The zero-order valence-corrected chi connectivity index (χ0v) is 17.8. The first-order valence-electron chi connectivity index (χ1n) is 10.4. The molecular formula is C24H29FN2O3. The summed E-state index contributed by atoms with van der Waals surface area (Å²) in [5.74, 6) is -0.514. The minimum Gasteiger partial charge on any atom is -0.361 e. The Morgan fingerprint density at radius 1 is 1.17 bits per heavy atom. The Morgan fingerprint density at radius 2 is 1.87 bits per heavy atom. The molecule has 1 aliphatic heterocycles. The fraction of sp³-hybridized carbons (Fsp3) is 0.417. The first-order valence-corrected chi connectivity index (χ1v) is 10.4. The van der Waals surface area contributed by atoms with Gasteiger partial charge >= 0.3 is 0 Å². The summed E-state index contributed by atoms with van der Waals surface area (Å²) in [6, 6.07) is 14.0. The van der Waals surface area contributed by atoms with Gasteiger partial charge in [0.05, 0.1) is 13.2 Å². The van der Waals surface area contributed by atoms with E-state index >= 15 is 0 Å². The summed E-state index contributed by atoms with van der Waals surface area (Å²) in [4.78, 5) is 27.3. The summed E-state index contributed by atoms with van der Waals surface area (Å²) in [7, 11) is 0. The number of hydrogen-bond donors (Lipinski definition) is 1. The normalized spacial score (nSPS) is 19.0. The number of hydrogen-bond acceptors (Lipinski definition) is 3. The SMILES string of the molecule is CCC(=O)N1CCOC(Cc2ccccc2-c2ccc(F)cc2)(C(=O)NC(C)C)C1. The van der Waals surface area contributed by atoms with Gasteiger partial charge in [-0.15, -0.1) is 0 Å². The lowest BCUT2D eigenvalue weighted by atomic mass is 9.87. The molecule has 0 bridgehead atoms. The molecule has 1 N–H and O–H groups in total. The Morgan fingerprint density at radius 3 is 2.53 bits per heavy atom. The van der Waals surface area contributed by atoms with E-state index in [4.69, 9.17) is 4.74 Å². The van der Waals surface area contributed by atoms with Crippen molar-refractivity contribution < 1.29 is 18.7 Å². The minimum absolute atomic E-state index is 0.00633. The monoisotopic (exact) mass is 412 g/mol. The first kappa shape index (κ1) is 22.0. The molecular weight excluding hydrogens is 383 g/mol. The van der Waals surface area contributed by atoms with Gasteiger partial charge in [-0.1, -0.05) is 43.3 Å². The Kier molecular flexibility index (Phi) is 6.87. The lowest BCUT2D eigenvalue weighted by Gasteiger charge is -2.42. The predicted octanol–water partition coefficient (Wildman–Crippen LogP) is 3.57. The molecule has 30 heavy (non-hydrogen) atoms. The number of carbonyl (C=O) groups is 2. The van der Waals surface area contributed by atoms with Gasteiger partial charge in [-0.05, 0) is 42.7 Å². The van der Waals surface area contributed by atoms with Crippen LogP contribution >= 0.6 is 0 Å². The molecule has 2 aromatic carbocycles. The van der Waals surface area contributed by atoms with Crippen LogP contribution in [0.1, 0.15) is 32.8 Å². The molecule has 1 aliphatic rings. The molecule has 0 saturated carbocycles. The summed E-state index contributed by atoms with van der Waals surface area (Å²) in [5.41, 5.74) is 1.51. The van der Waals surface area contributed by atoms with Crippen LogP contribution in [0.15, 0.2) is 48.5 Å². The summed E-state index contributed by atoms with van der Waals surface area (Å²) < 4.78 is 19.5. The number of amides is 2. The fourth-order valence-corrected chi connectivity index (χ4v) is 3.83. The zero-order valence-electron chi connectivity index (χ0n) is 17.8. The van der Waals surface area contributed by atoms with Crippen LogP contribution in [0, 0.1) is 5.82 Å². The Balaban J connectivity index is 1.99. The van der Waals surface area contributed by atoms with Crippen molar-refractivity contribution in [3.8, 4) is 11.1 Å². The number of nitrogens with one attached hydrogen (secondary N) is 1. The second-order valence-electron chi connectivity index (χ2n) is 7.98. The molecule has 2 amide bonds. The second-order valence-corrected chi connectivity index (χ2v) is 7.98. The Bertz CT molecular complexity index is 898. The molecule has 0 aromatic heterocycles. The summed E-state index contributed by atoms with van der Waals surface area (Å²) in [6.07, 6.45) is 0.695. The maximum absolute atomic E-state index is 13.4. The second kappa shape index (κ2) is 9.39. The standard InChI is InChI=1S/C24H29FN2O3/c1-4-22(28)27-13-14-30-24(16-27,23(29)26-17(2)3)15-19-7-5-6-8-21(19)18-9-11-20(25)12-10-18/h5-12,17H,4,13-16H2,1-3H3,(H,26,29). The Labute approximate surface area is 177 Å². The van der Waals surface area contributed by atoms with E-state index < -0.39 is 5.60 Å². The lowest BCUT2D eigenvalue weighted by molar-refractivity contribution is -0.166. The molecule has 1 heterocycles. The van der Waals surface area contributed by atoms with Crippen LogP contribution in [0.4, 0.5) is 4.39 Å². The molecule has 1 saturated heterocycles. The van der Waals surface area contributed by atoms with E-state index in [0.717, 1.165) is 16.7 Å². The molecule has 0 radical (unpaired) electrons. The minimum atomic E-state index is -1.18. The van der Waals surface area contributed by atoms with Gasteiger partial charge in [0.1, 0.15) is 5.82 Å². The quantitative estimate of drug-likeness (QED) is 0.789. The predicted molar refractivity (Wildman–Crippen MR) is 114 cm³/mol. The molecule has 1 atom stereocenters. The molecule has 160 valence electrons. The van der Waals surface area contributed by atoms with Crippen molar-refractivity contribution in [2.75, 3.05) is 19.7 Å². The van der Waals surface area contributed by atoms with Gasteiger partial charge in [0.2, 0.25) is 5.91 Å². The highest BCUT2D eigenvalue weighted by atomic mass is 19.1. The van der Waals surface area contributed by atoms with Gasteiger partial charge in [0.15, 0.2) is 5.60 Å². The van der Waals surface area contributed by atoms with Gasteiger partial charge in [-0.25, -0.2) is 4.39 Å². The third kappa shape index (κ3) is 4.87. The molecule has 6 heteroatoms. The van der Waals surface area contributed by atoms with Crippen molar-refractivity contribution in [2.24, 2.45) is 0 Å². The summed E-state index contributed by atoms with van der Waals surface area (Å²) in [6.45, 7) is 6.60. The van der Waals surface area contributed by atoms with Gasteiger partial charge < -0.3 is 15.0 Å². The van der Waals surface area contributed by atoms with Crippen LogP contribution in [0.5, 0.6) is 0 Å². The number of halogens is 1. The topological polar surface area (TPSA) is 58.6 Å². The first-order chi connectivity index (χ1) is 14.3. The van der Waals surface area contributed by atoms with Crippen LogP contribution < -0.4 is 5.32 Å². The number of carbonyl (C=O) groups excluding carboxylic acids is 2. The molecule has 3 rings (SSSR count). The average molecular weight is 413 g/mol. The molecule has 0 aliphatic carbocycles. The van der Waals surface area contributed by atoms with Crippen molar-refractivity contribution in [1.29, 1.82) is 0 Å². The number of rotatable bonds is 6. The van der Waals surface area contributed by atoms with Crippen LogP contribution in [-0.4, -0.2) is 48.1 Å². The lowest BCUT2D eigenvalue weighted by Crippen LogP contribution is -2.62. The molecule has 1 unspecified atom stereocenters. The highest BCUT2D eigenvalue weighted by Crippen LogP contribution is 2.31. The summed E-state index contributed by atoms with van der Waals surface area (Å²) in [5, 5.41) is 2.97. The highest BCUT2D eigenvalue weighted by molar-refractivity contribution is 5.88. The molecule has 2 aromatic rings. The molecule has 0 spiro atoms. The largest absolute Gasteiger partial charge is 0.361 e. The highest BCUT2D eigenvalue weighted by Gasteiger charge is 2.45. The van der Waals surface area contributed by atoms with E-state index in [9.17, 15) is 14.0 Å². The van der Waals surface area contributed by atoms with Crippen molar-refractivity contribution in [1.82, 2.24) is 10.2 Å². The molecule has 5 nitrogen and oxygen atoms in total. The fourth-order valence-electron chi connectivity index (χ4n) is 3.83. The zero-order chi connectivity index (χ0) is 21.7.